The van der Waals surface area contributed by atoms with Crippen LogP contribution < -0.4 is 10.2 Å². The van der Waals surface area contributed by atoms with Gasteiger partial charge >= 0.3 is 0 Å². The number of rotatable bonds is 9. The first-order valence-corrected chi connectivity index (χ1v) is 13.9. The second kappa shape index (κ2) is 11.9. The molecule has 4 aromatic rings. The monoisotopic (exact) mass is 544 g/mol. The molecule has 0 radical (unpaired) electrons. The summed E-state index contributed by atoms with van der Waals surface area (Å²) in [4.78, 5) is 31.7. The van der Waals surface area contributed by atoms with E-state index in [0.29, 0.717) is 30.2 Å². The number of hydrogen-bond donors (Lipinski definition) is 1. The fraction of sp³-hybridized carbons (Fsp3) is 0.345. The molecule has 0 aliphatic carbocycles. The predicted octanol–water partition coefficient (Wildman–Crippen LogP) is 4.40. The lowest BCUT2D eigenvalue weighted by Crippen LogP contribution is -2.47. The number of nitrogens with one attached hydrogen (secondary N) is 1. The van der Waals surface area contributed by atoms with E-state index in [1.54, 1.807) is 4.90 Å². The van der Waals surface area contributed by atoms with Crippen LogP contribution in [0.1, 0.15) is 41.1 Å². The van der Waals surface area contributed by atoms with E-state index in [2.05, 4.69) is 20.7 Å². The van der Waals surface area contributed by atoms with Gasteiger partial charge in [0.1, 0.15) is 12.6 Å². The van der Waals surface area contributed by atoms with Gasteiger partial charge in [0.05, 0.1) is 11.0 Å². The maximum absolute atomic E-state index is 14.1. The molecular formula is C29H32N6O3S. The Morgan fingerprint density at radius 2 is 1.92 bits per heavy atom. The van der Waals surface area contributed by atoms with Crippen molar-refractivity contribution in [1.82, 2.24) is 25.5 Å². The summed E-state index contributed by atoms with van der Waals surface area (Å²) < 4.78 is 5.72. The van der Waals surface area contributed by atoms with Crippen LogP contribution in [0.5, 0.6) is 0 Å². The Labute approximate surface area is 231 Å². The van der Waals surface area contributed by atoms with E-state index in [0.717, 1.165) is 34.4 Å². The van der Waals surface area contributed by atoms with E-state index >= 15 is 0 Å². The van der Waals surface area contributed by atoms with Gasteiger partial charge in [-0.2, -0.15) is 4.80 Å². The van der Waals surface area contributed by atoms with Gasteiger partial charge in [-0.3, -0.25) is 14.5 Å². The number of ether oxygens (including phenoxy) is 1. The summed E-state index contributed by atoms with van der Waals surface area (Å²) in [5.41, 5.74) is 4.30. The van der Waals surface area contributed by atoms with Crippen molar-refractivity contribution in [3.63, 3.8) is 0 Å². The molecular weight excluding hydrogens is 512 g/mol. The number of aromatic nitrogens is 4. The third-order valence-electron chi connectivity index (χ3n) is 6.79. The fourth-order valence-electron chi connectivity index (χ4n) is 4.69. The minimum absolute atomic E-state index is 0.0208. The lowest BCUT2D eigenvalue weighted by atomic mass is 9.99. The number of tetrazole rings is 1. The van der Waals surface area contributed by atoms with Crippen molar-refractivity contribution in [2.75, 3.05) is 18.1 Å². The zero-order chi connectivity index (χ0) is 27.4. The second-order valence-corrected chi connectivity index (χ2v) is 10.8. The number of benzene rings is 2. The lowest BCUT2D eigenvalue weighted by Gasteiger charge is -2.33. The Morgan fingerprint density at radius 1 is 1.13 bits per heavy atom. The lowest BCUT2D eigenvalue weighted by molar-refractivity contribution is -0.127. The topological polar surface area (TPSA) is 102 Å². The highest BCUT2D eigenvalue weighted by atomic mass is 32.1. The Bertz CT molecular complexity index is 1430. The molecule has 1 saturated heterocycles. The first kappa shape index (κ1) is 26.7. The predicted molar refractivity (Wildman–Crippen MR) is 150 cm³/mol. The maximum Gasteiger partial charge on any atom is 0.251 e. The van der Waals surface area contributed by atoms with Crippen LogP contribution in [0.4, 0.5) is 5.69 Å². The van der Waals surface area contributed by atoms with Gasteiger partial charge < -0.3 is 10.1 Å². The van der Waals surface area contributed by atoms with Gasteiger partial charge in [0.2, 0.25) is 11.7 Å². The van der Waals surface area contributed by atoms with Gasteiger partial charge in [-0.25, -0.2) is 0 Å². The summed E-state index contributed by atoms with van der Waals surface area (Å²) in [5.74, 6) is -0.133. The van der Waals surface area contributed by atoms with Gasteiger partial charge in [0.15, 0.2) is 0 Å². The van der Waals surface area contributed by atoms with Crippen molar-refractivity contribution in [3.05, 3.63) is 82.2 Å². The molecule has 0 saturated carbocycles. The molecule has 1 aliphatic heterocycles. The first-order chi connectivity index (χ1) is 18.9. The number of nitrogens with zero attached hydrogens (tertiary/aromatic N) is 5. The number of thiophene rings is 1. The number of carbonyl (C=O) groups is 2. The van der Waals surface area contributed by atoms with Crippen LogP contribution in [0.15, 0.2) is 60.0 Å². The normalized spacial score (nSPS) is 15.7. The largest absolute Gasteiger partial charge is 0.376 e. The number of carbonyl (C=O) groups excluding carboxylic acids is 2. The van der Waals surface area contributed by atoms with Gasteiger partial charge in [0, 0.05) is 18.8 Å². The highest BCUT2D eigenvalue weighted by molar-refractivity contribution is 7.13. The summed E-state index contributed by atoms with van der Waals surface area (Å²) in [6.07, 6.45) is 1.86. The van der Waals surface area contributed by atoms with E-state index in [-0.39, 0.29) is 24.5 Å². The van der Waals surface area contributed by atoms with Crippen molar-refractivity contribution in [2.45, 2.75) is 52.3 Å². The molecule has 0 unspecified atom stereocenters. The third kappa shape index (κ3) is 6.23. The van der Waals surface area contributed by atoms with Crippen molar-refractivity contribution in [3.8, 4) is 10.7 Å². The van der Waals surface area contributed by atoms with Crippen LogP contribution in [0.2, 0.25) is 0 Å². The number of anilines is 1. The Morgan fingerprint density at radius 3 is 2.64 bits per heavy atom. The van der Waals surface area contributed by atoms with Gasteiger partial charge in [0.25, 0.3) is 5.91 Å². The molecule has 1 aliphatic rings. The summed E-state index contributed by atoms with van der Waals surface area (Å²) in [7, 11) is 0. The average Bonchev–Trinajstić information content (AvgIpc) is 3.71. The van der Waals surface area contributed by atoms with E-state index < -0.39 is 6.04 Å². The van der Waals surface area contributed by atoms with E-state index in [1.807, 2.05) is 80.7 Å². The molecule has 10 heteroatoms. The van der Waals surface area contributed by atoms with Gasteiger partial charge in [-0.15, -0.1) is 21.5 Å². The quantitative estimate of drug-likeness (QED) is 0.335. The Hall–Kier alpha value is -3.89. The molecule has 1 fully saturated rings. The average molecular weight is 545 g/mol. The summed E-state index contributed by atoms with van der Waals surface area (Å²) in [6.45, 7) is 6.82. The molecule has 2 aromatic carbocycles. The fourth-order valence-corrected chi connectivity index (χ4v) is 5.34. The van der Waals surface area contributed by atoms with Crippen LogP contribution in [-0.2, 0) is 20.9 Å². The minimum atomic E-state index is -0.903. The Kier molecular flexibility index (Phi) is 8.13. The van der Waals surface area contributed by atoms with E-state index in [4.69, 9.17) is 4.74 Å². The molecule has 2 aromatic heterocycles. The van der Waals surface area contributed by atoms with E-state index in [9.17, 15) is 9.59 Å². The number of amides is 2. The second-order valence-electron chi connectivity index (χ2n) is 9.87. The standard InChI is InChI=1S/C29H32N6O3S/c1-19-9-12-22(13-10-19)27(29(37)30-17-23-6-4-14-38-23)35(24-16-20(2)8-11-21(24)3)26(36)18-34-32-28(31-33-34)25-7-5-15-39-25/h5,7-13,15-16,23,27H,4,6,14,17-18H2,1-3H3,(H,30,37)/t23-,27-/m1/s1. The molecule has 0 spiro atoms. The van der Waals surface area contributed by atoms with Crippen LogP contribution in [0.25, 0.3) is 10.7 Å². The van der Waals surface area contributed by atoms with E-state index in [1.165, 1.54) is 16.1 Å². The molecule has 202 valence electrons. The van der Waals surface area contributed by atoms with Gasteiger partial charge in [-0.1, -0.05) is 48.0 Å². The maximum atomic E-state index is 14.1. The van der Waals surface area contributed by atoms with Crippen molar-refractivity contribution in [1.29, 1.82) is 0 Å². The molecule has 1 N–H and O–H groups in total. The Balaban J connectivity index is 1.52. The molecule has 3 heterocycles. The third-order valence-corrected chi connectivity index (χ3v) is 7.66. The SMILES string of the molecule is Cc1ccc([C@H](C(=O)NC[C@H]2CCCO2)N(C(=O)Cn2nnc(-c3cccs3)n2)c2cc(C)ccc2C)cc1. The van der Waals surface area contributed by atoms with Gasteiger partial charge in [-0.05, 0) is 73.0 Å². The summed E-state index contributed by atoms with van der Waals surface area (Å²) >= 11 is 1.50. The van der Waals surface area contributed by atoms with Crippen molar-refractivity contribution in [2.24, 2.45) is 0 Å². The molecule has 5 rings (SSSR count). The number of hydrogen-bond acceptors (Lipinski definition) is 7. The first-order valence-electron chi connectivity index (χ1n) is 13.1. The molecule has 2 atom stereocenters. The molecule has 9 nitrogen and oxygen atoms in total. The zero-order valence-electron chi connectivity index (χ0n) is 22.3. The smallest absolute Gasteiger partial charge is 0.251 e. The molecule has 2 amide bonds. The summed E-state index contributed by atoms with van der Waals surface area (Å²) in [5, 5.41) is 17.7. The van der Waals surface area contributed by atoms with Crippen LogP contribution >= 0.6 is 11.3 Å². The highest BCUT2D eigenvalue weighted by Gasteiger charge is 2.34. The van der Waals surface area contributed by atoms with Crippen molar-refractivity contribution < 1.29 is 14.3 Å². The van der Waals surface area contributed by atoms with Crippen LogP contribution in [0, 0.1) is 20.8 Å². The molecule has 39 heavy (non-hydrogen) atoms. The minimum Gasteiger partial charge on any atom is -0.376 e. The number of aryl methyl sites for hydroxylation is 3. The zero-order valence-corrected chi connectivity index (χ0v) is 23.1. The van der Waals surface area contributed by atoms with Crippen LogP contribution in [0.3, 0.4) is 0 Å². The van der Waals surface area contributed by atoms with Crippen molar-refractivity contribution >= 4 is 28.8 Å². The molecule has 0 bridgehead atoms. The highest BCUT2D eigenvalue weighted by Crippen LogP contribution is 2.32. The van der Waals surface area contributed by atoms with Crippen LogP contribution in [-0.4, -0.2) is 51.3 Å². The summed E-state index contributed by atoms with van der Waals surface area (Å²) in [6, 6.07) is 16.5.